The number of carbonyl (C=O) groups is 4. The van der Waals surface area contributed by atoms with Crippen molar-refractivity contribution < 1.29 is 37.8 Å². The highest BCUT2D eigenvalue weighted by Gasteiger charge is 2.30. The van der Waals surface area contributed by atoms with E-state index in [1.54, 1.807) is 11.0 Å². The predicted molar refractivity (Wildman–Crippen MR) is 166 cm³/mol. The number of carboxylic acid groups (broad SMARTS) is 1. The summed E-state index contributed by atoms with van der Waals surface area (Å²) in [5, 5.41) is 21.6. The smallest absolute Gasteiger partial charge is 0.291 e. The van der Waals surface area contributed by atoms with Gasteiger partial charge in [-0.25, -0.2) is 9.37 Å². The lowest BCUT2D eigenvalue weighted by molar-refractivity contribution is -0.137. The fourth-order valence-corrected chi connectivity index (χ4v) is 5.66. The van der Waals surface area contributed by atoms with Gasteiger partial charge in [0.2, 0.25) is 11.7 Å². The lowest BCUT2D eigenvalue weighted by Gasteiger charge is -2.37. The van der Waals surface area contributed by atoms with Crippen LogP contribution in [0, 0.1) is 28.9 Å². The molecular formula is C31H32ClF2N7O6. The van der Waals surface area contributed by atoms with Crippen LogP contribution in [0.2, 0.25) is 5.02 Å². The van der Waals surface area contributed by atoms with Crippen LogP contribution in [0.1, 0.15) is 33.8 Å². The van der Waals surface area contributed by atoms with Crippen LogP contribution < -0.4 is 15.4 Å². The maximum atomic E-state index is 14.8. The molecule has 13 nitrogen and oxygen atoms in total. The van der Waals surface area contributed by atoms with E-state index in [0.717, 1.165) is 25.9 Å². The molecule has 2 saturated heterocycles. The van der Waals surface area contributed by atoms with E-state index in [1.807, 2.05) is 4.90 Å². The second kappa shape index (κ2) is 16.0. The Morgan fingerprint density at radius 2 is 1.79 bits per heavy atom. The standard InChI is InChI=1S/C30H30ClF2N7O4.CH2O2/c1-38-23(21-4-5-24(44-15-8-34)26(33)25(21)32)17-36-27(38)28(41)37-19-2-3-20(22(31)16-19)30(43)40-13-11-39(12-14-40)29(42)18-6-9-35-10-7-18;2-1-3/h2-5,16-18,35H,6-7,9-15H2,1H3,(H,37,41);1H,(H,2,3). The summed E-state index contributed by atoms with van der Waals surface area (Å²) in [7, 11) is 1.48. The van der Waals surface area contributed by atoms with Gasteiger partial charge in [-0.2, -0.15) is 9.65 Å². The number of amides is 3. The van der Waals surface area contributed by atoms with Crippen LogP contribution in [0.4, 0.5) is 14.5 Å². The van der Waals surface area contributed by atoms with Crippen molar-refractivity contribution in [2.45, 2.75) is 12.8 Å². The molecule has 0 atom stereocenters. The number of carbonyl (C=O) groups excluding carboxylic acids is 3. The van der Waals surface area contributed by atoms with Crippen molar-refractivity contribution in [3.8, 4) is 23.1 Å². The third-order valence-electron chi connectivity index (χ3n) is 7.83. The first kappa shape index (κ1) is 34.8. The van der Waals surface area contributed by atoms with Gasteiger partial charge in [0, 0.05) is 50.4 Å². The zero-order chi connectivity index (χ0) is 34.1. The fourth-order valence-electron chi connectivity index (χ4n) is 5.40. The first-order valence-electron chi connectivity index (χ1n) is 14.6. The molecule has 16 heteroatoms. The van der Waals surface area contributed by atoms with Gasteiger partial charge in [-0.15, -0.1) is 0 Å². The first-order chi connectivity index (χ1) is 22.6. The van der Waals surface area contributed by atoms with Crippen molar-refractivity contribution in [1.82, 2.24) is 24.7 Å². The summed E-state index contributed by atoms with van der Waals surface area (Å²) in [6.07, 6.45) is 2.88. The predicted octanol–water partition coefficient (Wildman–Crippen LogP) is 3.16. The molecule has 2 aromatic carbocycles. The lowest BCUT2D eigenvalue weighted by Crippen LogP contribution is -2.52. The zero-order valence-corrected chi connectivity index (χ0v) is 26.1. The fraction of sp³-hybridized carbons (Fsp3) is 0.355. The van der Waals surface area contributed by atoms with E-state index in [9.17, 15) is 23.2 Å². The van der Waals surface area contributed by atoms with Crippen LogP contribution in [0.25, 0.3) is 11.3 Å². The van der Waals surface area contributed by atoms with Gasteiger partial charge in [0.05, 0.1) is 22.5 Å². The average Bonchev–Trinajstić information content (AvgIpc) is 3.46. The van der Waals surface area contributed by atoms with Crippen molar-refractivity contribution in [2.75, 3.05) is 51.2 Å². The second-order valence-corrected chi connectivity index (χ2v) is 11.0. The summed E-state index contributed by atoms with van der Waals surface area (Å²) in [5.74, 6) is -3.70. The minimum absolute atomic E-state index is 0.0275. The number of piperidine rings is 1. The Morgan fingerprint density at radius 1 is 1.13 bits per heavy atom. The molecule has 47 heavy (non-hydrogen) atoms. The number of ether oxygens (including phenoxy) is 1. The highest BCUT2D eigenvalue weighted by Crippen LogP contribution is 2.30. The third kappa shape index (κ3) is 8.02. The molecule has 1 aromatic heterocycles. The van der Waals surface area contributed by atoms with Crippen molar-refractivity contribution >= 4 is 41.5 Å². The van der Waals surface area contributed by atoms with Gasteiger partial charge in [0.1, 0.15) is 6.07 Å². The molecule has 248 valence electrons. The zero-order valence-electron chi connectivity index (χ0n) is 25.3. The number of imidazole rings is 1. The molecular weight excluding hydrogens is 640 g/mol. The maximum absolute atomic E-state index is 14.8. The van der Waals surface area contributed by atoms with Crippen molar-refractivity contribution in [1.29, 1.82) is 5.26 Å². The van der Waals surface area contributed by atoms with Crippen molar-refractivity contribution in [2.24, 2.45) is 13.0 Å². The quantitative estimate of drug-likeness (QED) is 0.319. The lowest BCUT2D eigenvalue weighted by atomic mass is 9.96. The Bertz CT molecular complexity index is 1680. The number of rotatable bonds is 7. The topological polar surface area (TPSA) is 170 Å². The molecule has 0 radical (unpaired) electrons. The van der Waals surface area contributed by atoms with Gasteiger partial charge in [0.25, 0.3) is 18.3 Å². The van der Waals surface area contributed by atoms with E-state index in [2.05, 4.69) is 15.6 Å². The Balaban J connectivity index is 0.00000160. The van der Waals surface area contributed by atoms with Crippen LogP contribution in [0.15, 0.2) is 36.5 Å². The van der Waals surface area contributed by atoms with E-state index < -0.39 is 29.9 Å². The molecule has 3 amide bonds. The van der Waals surface area contributed by atoms with E-state index in [4.69, 9.17) is 31.5 Å². The normalized spacial score (nSPS) is 14.8. The minimum atomic E-state index is -1.26. The van der Waals surface area contributed by atoms with Gasteiger partial charge >= 0.3 is 0 Å². The largest absolute Gasteiger partial charge is 0.483 e. The molecule has 3 heterocycles. The summed E-state index contributed by atoms with van der Waals surface area (Å²) < 4.78 is 35.4. The molecule has 2 fully saturated rings. The van der Waals surface area contributed by atoms with Gasteiger partial charge in [-0.3, -0.25) is 19.2 Å². The summed E-state index contributed by atoms with van der Waals surface area (Å²) in [4.78, 5) is 55.0. The number of benzene rings is 2. The van der Waals surface area contributed by atoms with Gasteiger partial charge in [0.15, 0.2) is 24.0 Å². The molecule has 0 aliphatic carbocycles. The molecule has 0 saturated carbocycles. The van der Waals surface area contributed by atoms with E-state index >= 15 is 0 Å². The number of nitriles is 1. The van der Waals surface area contributed by atoms with Crippen molar-refractivity contribution in [3.63, 3.8) is 0 Å². The van der Waals surface area contributed by atoms with Gasteiger partial charge in [-0.05, 0) is 56.3 Å². The monoisotopic (exact) mass is 671 g/mol. The number of piperazine rings is 1. The summed E-state index contributed by atoms with van der Waals surface area (Å²) in [6.45, 7) is 2.69. The Labute approximate surface area is 273 Å². The van der Waals surface area contributed by atoms with Crippen molar-refractivity contribution in [3.05, 3.63) is 64.6 Å². The number of nitrogens with zero attached hydrogens (tertiary/aromatic N) is 5. The highest BCUT2D eigenvalue weighted by molar-refractivity contribution is 6.34. The van der Waals surface area contributed by atoms with Crippen LogP contribution in [0.5, 0.6) is 5.75 Å². The molecule has 3 aromatic rings. The molecule has 5 rings (SSSR count). The van der Waals surface area contributed by atoms with Gasteiger partial charge < -0.3 is 34.8 Å². The first-order valence-corrected chi connectivity index (χ1v) is 15.0. The van der Waals surface area contributed by atoms with Crippen LogP contribution in [0.3, 0.4) is 0 Å². The maximum Gasteiger partial charge on any atom is 0.291 e. The summed E-state index contributed by atoms with van der Waals surface area (Å²) >= 11 is 6.45. The Kier molecular flexibility index (Phi) is 11.8. The molecule has 0 unspecified atom stereocenters. The minimum Gasteiger partial charge on any atom is -0.483 e. The van der Waals surface area contributed by atoms with Crippen LogP contribution in [-0.2, 0) is 16.6 Å². The summed E-state index contributed by atoms with van der Waals surface area (Å²) in [5.41, 5.74) is 0.551. The van der Waals surface area contributed by atoms with E-state index in [1.165, 1.54) is 48.1 Å². The number of aromatic nitrogens is 2. The highest BCUT2D eigenvalue weighted by atomic mass is 35.5. The average molecular weight is 672 g/mol. The molecule has 2 aliphatic rings. The Hall–Kier alpha value is -5.07. The Morgan fingerprint density at radius 3 is 2.43 bits per heavy atom. The molecule has 0 spiro atoms. The number of hydrogen-bond donors (Lipinski definition) is 3. The third-order valence-corrected chi connectivity index (χ3v) is 8.14. The molecule has 0 bridgehead atoms. The number of hydrogen-bond acceptors (Lipinski definition) is 8. The van der Waals surface area contributed by atoms with E-state index in [-0.39, 0.29) is 51.9 Å². The van der Waals surface area contributed by atoms with Crippen LogP contribution >= 0.6 is 11.6 Å². The van der Waals surface area contributed by atoms with Gasteiger partial charge in [-0.1, -0.05) is 11.6 Å². The van der Waals surface area contributed by atoms with Crippen LogP contribution in [-0.4, -0.2) is 94.5 Å². The SMILES string of the molecule is Cn1c(-c2ccc(OCC#N)c(F)c2F)cnc1C(=O)Nc1ccc(C(=O)N2CCN(C(=O)C3CCNCC3)CC2)c(Cl)c1.O=CO. The molecule has 2 aliphatic heterocycles. The number of halogens is 3. The second-order valence-electron chi connectivity index (χ2n) is 10.6. The van der Waals surface area contributed by atoms with E-state index in [0.29, 0.717) is 31.9 Å². The number of nitrogens with one attached hydrogen (secondary N) is 2. The molecule has 3 N–H and O–H groups in total. The number of anilines is 1. The summed E-state index contributed by atoms with van der Waals surface area (Å²) in [6, 6.07) is 8.65.